The Morgan fingerprint density at radius 3 is 2.75 bits per heavy atom. The lowest BCUT2D eigenvalue weighted by atomic mass is 10.2. The fraction of sp³-hybridized carbons (Fsp3) is 0.389. The molecule has 1 N–H and O–H groups in total. The third-order valence-corrected chi connectivity index (χ3v) is 5.45. The molecule has 0 radical (unpaired) electrons. The smallest absolute Gasteiger partial charge is 0.240 e. The van der Waals surface area contributed by atoms with Crippen molar-refractivity contribution < 1.29 is 14.3 Å². The van der Waals surface area contributed by atoms with Gasteiger partial charge in [-0.25, -0.2) is 4.98 Å². The number of anilines is 1. The van der Waals surface area contributed by atoms with Gasteiger partial charge in [-0.3, -0.25) is 14.5 Å². The molecule has 1 saturated heterocycles. The Balaban J connectivity index is 1.52. The first-order valence-corrected chi connectivity index (χ1v) is 10.3. The van der Waals surface area contributed by atoms with Crippen molar-refractivity contribution in [3.63, 3.8) is 0 Å². The molecule has 10 heteroatoms. The van der Waals surface area contributed by atoms with E-state index in [2.05, 4.69) is 10.3 Å². The Morgan fingerprint density at radius 1 is 1.29 bits per heavy atom. The van der Waals surface area contributed by atoms with Gasteiger partial charge in [-0.1, -0.05) is 23.2 Å². The summed E-state index contributed by atoms with van der Waals surface area (Å²) in [5.74, 6) is -0.243. The van der Waals surface area contributed by atoms with Gasteiger partial charge in [0.2, 0.25) is 11.8 Å². The highest BCUT2D eigenvalue weighted by molar-refractivity contribution is 7.14. The third-order valence-electron chi connectivity index (χ3n) is 4.14. The van der Waals surface area contributed by atoms with Crippen LogP contribution in [-0.2, 0) is 14.3 Å². The molecule has 28 heavy (non-hydrogen) atoms. The van der Waals surface area contributed by atoms with Crippen LogP contribution in [-0.4, -0.2) is 73.0 Å². The molecule has 0 atom stereocenters. The lowest BCUT2D eigenvalue weighted by Gasteiger charge is -2.28. The number of hydrogen-bond donors (Lipinski definition) is 1. The average Bonchev–Trinajstić information content (AvgIpc) is 3.10. The minimum absolute atomic E-state index is 0.00693. The largest absolute Gasteiger partial charge is 0.378 e. The van der Waals surface area contributed by atoms with Crippen LogP contribution in [0, 0.1) is 0 Å². The standard InChI is InChI=1S/C18H20Cl2N4O3S/c1-23(10-17(26)24-4-6-27-7-5-24)9-16(25)22-18-21-15(11-28-18)13-3-2-12(19)8-14(13)20/h2-3,8,11H,4-7,9-10H2,1H3,(H,21,22,25). The van der Waals surface area contributed by atoms with Gasteiger partial charge in [0.1, 0.15) is 0 Å². The molecule has 1 aliphatic heterocycles. The van der Waals surface area contributed by atoms with Crippen molar-refractivity contribution in [2.45, 2.75) is 0 Å². The normalized spacial score (nSPS) is 14.4. The molecule has 2 amide bonds. The van der Waals surface area contributed by atoms with Crippen LogP contribution in [0.5, 0.6) is 0 Å². The van der Waals surface area contributed by atoms with E-state index >= 15 is 0 Å². The van der Waals surface area contributed by atoms with Crippen LogP contribution in [0.4, 0.5) is 5.13 Å². The second-order valence-electron chi connectivity index (χ2n) is 6.38. The lowest BCUT2D eigenvalue weighted by molar-refractivity contribution is -0.136. The monoisotopic (exact) mass is 442 g/mol. The number of rotatable bonds is 6. The average molecular weight is 443 g/mol. The SMILES string of the molecule is CN(CC(=O)Nc1nc(-c2ccc(Cl)cc2Cl)cs1)CC(=O)N1CCOCC1. The fourth-order valence-corrected chi connectivity index (χ4v) is 3.99. The van der Waals surface area contributed by atoms with Crippen molar-refractivity contribution in [3.05, 3.63) is 33.6 Å². The molecule has 1 aromatic heterocycles. The Labute approximate surface area is 177 Å². The van der Waals surface area contributed by atoms with Crippen LogP contribution in [0.3, 0.4) is 0 Å². The summed E-state index contributed by atoms with van der Waals surface area (Å²) in [7, 11) is 1.73. The summed E-state index contributed by atoms with van der Waals surface area (Å²) in [6.07, 6.45) is 0. The number of carbonyl (C=O) groups is 2. The van der Waals surface area contributed by atoms with Gasteiger partial charge in [0.25, 0.3) is 0 Å². The van der Waals surface area contributed by atoms with E-state index in [1.807, 2.05) is 5.38 Å². The number of halogens is 2. The molecule has 7 nitrogen and oxygen atoms in total. The van der Waals surface area contributed by atoms with Crippen molar-refractivity contribution in [1.29, 1.82) is 0 Å². The molecule has 2 heterocycles. The summed E-state index contributed by atoms with van der Waals surface area (Å²) in [4.78, 5) is 32.3. The summed E-state index contributed by atoms with van der Waals surface area (Å²) >= 11 is 13.4. The number of nitrogens with one attached hydrogen (secondary N) is 1. The van der Waals surface area contributed by atoms with E-state index in [0.717, 1.165) is 5.56 Å². The van der Waals surface area contributed by atoms with Gasteiger partial charge in [0, 0.05) is 29.1 Å². The van der Waals surface area contributed by atoms with Gasteiger partial charge < -0.3 is 15.0 Å². The van der Waals surface area contributed by atoms with Crippen LogP contribution < -0.4 is 5.32 Å². The first-order valence-electron chi connectivity index (χ1n) is 8.67. The zero-order valence-corrected chi connectivity index (χ0v) is 17.6. The molecule has 0 bridgehead atoms. The molecule has 0 spiro atoms. The molecule has 0 unspecified atom stereocenters. The predicted molar refractivity (Wildman–Crippen MR) is 111 cm³/mol. The van der Waals surface area contributed by atoms with Gasteiger partial charge in [-0.2, -0.15) is 0 Å². The maximum atomic E-state index is 12.3. The molecule has 1 fully saturated rings. The molecule has 1 aliphatic rings. The maximum Gasteiger partial charge on any atom is 0.240 e. The highest BCUT2D eigenvalue weighted by atomic mass is 35.5. The number of benzene rings is 1. The van der Waals surface area contributed by atoms with Gasteiger partial charge in [0.15, 0.2) is 5.13 Å². The molecule has 2 aromatic rings. The summed E-state index contributed by atoms with van der Waals surface area (Å²) in [5, 5.41) is 6.09. The van der Waals surface area contributed by atoms with Gasteiger partial charge >= 0.3 is 0 Å². The van der Waals surface area contributed by atoms with Gasteiger partial charge in [0.05, 0.1) is 37.0 Å². The van der Waals surface area contributed by atoms with Crippen LogP contribution in [0.15, 0.2) is 23.6 Å². The quantitative estimate of drug-likeness (QED) is 0.744. The van der Waals surface area contributed by atoms with Crippen molar-refractivity contribution >= 4 is 51.5 Å². The van der Waals surface area contributed by atoms with Crippen LogP contribution >= 0.6 is 34.5 Å². The van der Waals surface area contributed by atoms with Gasteiger partial charge in [-0.05, 0) is 25.2 Å². The minimum Gasteiger partial charge on any atom is -0.378 e. The predicted octanol–water partition coefficient (Wildman–Crippen LogP) is 2.85. The minimum atomic E-state index is -0.236. The Hall–Kier alpha value is -1.71. The Bertz CT molecular complexity index is 855. The summed E-state index contributed by atoms with van der Waals surface area (Å²) in [6.45, 7) is 2.56. The summed E-state index contributed by atoms with van der Waals surface area (Å²) in [6, 6.07) is 5.17. The second-order valence-corrected chi connectivity index (χ2v) is 8.08. The van der Waals surface area contributed by atoms with Gasteiger partial charge in [-0.15, -0.1) is 11.3 Å². The third kappa shape index (κ3) is 5.65. The number of aromatic nitrogens is 1. The number of likely N-dealkylation sites (N-methyl/N-ethyl adjacent to an activating group) is 1. The van der Waals surface area contributed by atoms with Crippen molar-refractivity contribution in [1.82, 2.24) is 14.8 Å². The van der Waals surface area contributed by atoms with E-state index in [0.29, 0.717) is 47.2 Å². The van der Waals surface area contributed by atoms with Crippen molar-refractivity contribution in [3.8, 4) is 11.3 Å². The van der Waals surface area contributed by atoms with E-state index in [9.17, 15) is 9.59 Å². The summed E-state index contributed by atoms with van der Waals surface area (Å²) in [5.41, 5.74) is 1.41. The van der Waals surface area contributed by atoms with Crippen LogP contribution in [0.2, 0.25) is 10.0 Å². The van der Waals surface area contributed by atoms with Crippen LogP contribution in [0.1, 0.15) is 0 Å². The first-order chi connectivity index (χ1) is 13.4. The van der Waals surface area contributed by atoms with E-state index in [1.54, 1.807) is 35.0 Å². The number of thiazole rings is 1. The van der Waals surface area contributed by atoms with E-state index < -0.39 is 0 Å². The molecule has 1 aromatic carbocycles. The number of hydrogen-bond acceptors (Lipinski definition) is 6. The van der Waals surface area contributed by atoms with E-state index in [1.165, 1.54) is 11.3 Å². The number of amides is 2. The number of carbonyl (C=O) groups excluding carboxylic acids is 2. The molecule has 150 valence electrons. The number of ether oxygens (including phenoxy) is 1. The Kier molecular flexibility index (Phi) is 7.25. The fourth-order valence-electron chi connectivity index (χ4n) is 2.76. The maximum absolute atomic E-state index is 12.3. The Morgan fingerprint density at radius 2 is 2.04 bits per heavy atom. The highest BCUT2D eigenvalue weighted by Gasteiger charge is 2.19. The molecule has 0 aliphatic carbocycles. The second kappa shape index (κ2) is 9.67. The van der Waals surface area contributed by atoms with Crippen LogP contribution in [0.25, 0.3) is 11.3 Å². The van der Waals surface area contributed by atoms with Crippen molar-refractivity contribution in [2.75, 3.05) is 51.8 Å². The lowest BCUT2D eigenvalue weighted by Crippen LogP contribution is -2.46. The first kappa shape index (κ1) is 21.0. The zero-order valence-electron chi connectivity index (χ0n) is 15.3. The number of morpholine rings is 1. The molecule has 3 rings (SSSR count). The molecule has 0 saturated carbocycles. The summed E-state index contributed by atoms with van der Waals surface area (Å²) < 4.78 is 5.24. The topological polar surface area (TPSA) is 74.8 Å². The zero-order chi connectivity index (χ0) is 20.1. The number of nitrogens with zero attached hydrogens (tertiary/aromatic N) is 3. The van der Waals surface area contributed by atoms with E-state index in [-0.39, 0.29) is 24.9 Å². The molecular weight excluding hydrogens is 423 g/mol. The van der Waals surface area contributed by atoms with E-state index in [4.69, 9.17) is 27.9 Å². The molecular formula is C18H20Cl2N4O3S. The highest BCUT2D eigenvalue weighted by Crippen LogP contribution is 2.32. The van der Waals surface area contributed by atoms with Crippen molar-refractivity contribution in [2.24, 2.45) is 0 Å².